The van der Waals surface area contributed by atoms with Gasteiger partial charge in [0.15, 0.2) is 0 Å². The molecule has 1 aliphatic heterocycles. The van der Waals surface area contributed by atoms with E-state index in [4.69, 9.17) is 0 Å². The van der Waals surface area contributed by atoms with Crippen molar-refractivity contribution >= 4 is 0 Å². The molecule has 0 radical (unpaired) electrons. The van der Waals surface area contributed by atoms with Gasteiger partial charge in [0.25, 0.3) is 0 Å². The smallest absolute Gasteiger partial charge is 0.0162 e. The van der Waals surface area contributed by atoms with Crippen LogP contribution < -0.4 is 10.6 Å². The van der Waals surface area contributed by atoms with E-state index in [1.807, 2.05) is 0 Å². The fourth-order valence-electron chi connectivity index (χ4n) is 4.14. The van der Waals surface area contributed by atoms with E-state index in [1.165, 1.54) is 0 Å². The second-order valence-electron chi connectivity index (χ2n) is 4.34. The number of hydrogen-bond acceptors (Lipinski definition) is 2. The van der Waals surface area contributed by atoms with Crippen molar-refractivity contribution in [1.82, 2.24) is 10.6 Å². The molecule has 4 fully saturated rings. The van der Waals surface area contributed by atoms with Gasteiger partial charge in [0, 0.05) is 18.1 Å². The van der Waals surface area contributed by atoms with Crippen molar-refractivity contribution in [1.29, 1.82) is 0 Å². The van der Waals surface area contributed by atoms with Crippen LogP contribution >= 0.6 is 0 Å². The molecular formula is C8H12N2. The number of rotatable bonds is 1. The van der Waals surface area contributed by atoms with Crippen molar-refractivity contribution in [2.24, 2.45) is 23.7 Å². The summed E-state index contributed by atoms with van der Waals surface area (Å²) in [6, 6.07) is 2.78. The summed E-state index contributed by atoms with van der Waals surface area (Å²) in [4.78, 5) is 0. The molecule has 0 aromatic carbocycles. The van der Waals surface area contributed by atoms with Crippen LogP contribution in [0.15, 0.2) is 0 Å². The number of fused-ring (bicyclic) bond motifs is 2. The van der Waals surface area contributed by atoms with E-state index >= 15 is 0 Å². The van der Waals surface area contributed by atoms with Crippen LogP contribution in [-0.2, 0) is 0 Å². The molecule has 4 rings (SSSR count). The quantitative estimate of drug-likeness (QED) is 0.504. The molecule has 0 aromatic heterocycles. The molecule has 2 nitrogen and oxygen atoms in total. The SMILES string of the molecule is CNC1C2C3NC4C1C2C34. The summed E-state index contributed by atoms with van der Waals surface area (Å²) in [5.74, 6) is 4.36. The molecule has 2 heteroatoms. The Morgan fingerprint density at radius 3 is 2.00 bits per heavy atom. The molecule has 3 saturated carbocycles. The molecule has 3 aliphatic carbocycles. The lowest BCUT2D eigenvalue weighted by Gasteiger charge is -2.87. The van der Waals surface area contributed by atoms with Crippen molar-refractivity contribution < 1.29 is 0 Å². The topological polar surface area (TPSA) is 24.1 Å². The van der Waals surface area contributed by atoms with E-state index < -0.39 is 0 Å². The van der Waals surface area contributed by atoms with Gasteiger partial charge in [0.2, 0.25) is 0 Å². The summed E-state index contributed by atoms with van der Waals surface area (Å²) >= 11 is 0. The normalized spacial score (nSPS) is 79.5. The van der Waals surface area contributed by atoms with Crippen LogP contribution in [0.3, 0.4) is 0 Å². The average Bonchev–Trinajstić information content (AvgIpc) is 1.99. The van der Waals surface area contributed by atoms with Crippen molar-refractivity contribution in [3.05, 3.63) is 0 Å². The van der Waals surface area contributed by atoms with Gasteiger partial charge in [0.1, 0.15) is 0 Å². The maximum absolute atomic E-state index is 3.63. The van der Waals surface area contributed by atoms with Crippen LogP contribution in [0.2, 0.25) is 0 Å². The van der Waals surface area contributed by atoms with Gasteiger partial charge in [0.05, 0.1) is 0 Å². The number of piperidine rings is 4. The fraction of sp³-hybridized carbons (Fsp3) is 1.00. The molecule has 1 heterocycles. The first-order valence-electron chi connectivity index (χ1n) is 4.37. The molecule has 2 N–H and O–H groups in total. The third-order valence-corrected chi connectivity index (χ3v) is 4.54. The lowest BCUT2D eigenvalue weighted by atomic mass is 9.26. The minimum absolute atomic E-state index is 0.895. The highest BCUT2D eigenvalue weighted by molar-refractivity contribution is 5.37. The Morgan fingerprint density at radius 2 is 1.70 bits per heavy atom. The van der Waals surface area contributed by atoms with Gasteiger partial charge in [-0.2, -0.15) is 0 Å². The van der Waals surface area contributed by atoms with Gasteiger partial charge in [-0.25, -0.2) is 0 Å². The monoisotopic (exact) mass is 136 g/mol. The van der Waals surface area contributed by atoms with Crippen LogP contribution in [0.4, 0.5) is 0 Å². The molecule has 4 aliphatic rings. The van der Waals surface area contributed by atoms with E-state index in [2.05, 4.69) is 17.7 Å². The zero-order valence-corrected chi connectivity index (χ0v) is 6.04. The Balaban J connectivity index is 1.75. The van der Waals surface area contributed by atoms with Gasteiger partial charge < -0.3 is 10.6 Å². The standard InChI is InChI=1S/C8H12N2/c1-9-6-3-2-4(6)8-5(2)7(3)10-8/h2-10H,1H3. The Morgan fingerprint density at radius 1 is 1.00 bits per heavy atom. The van der Waals surface area contributed by atoms with E-state index in [0.717, 1.165) is 41.8 Å². The summed E-state index contributed by atoms with van der Waals surface area (Å²) in [5, 5.41) is 7.07. The molecule has 0 bridgehead atoms. The summed E-state index contributed by atoms with van der Waals surface area (Å²) in [6.45, 7) is 0. The Labute approximate surface area is 60.4 Å². The predicted octanol–water partition coefficient (Wildman–Crippen LogP) is -0.580. The first kappa shape index (κ1) is 4.73. The molecule has 10 heavy (non-hydrogen) atoms. The predicted molar refractivity (Wildman–Crippen MR) is 37.5 cm³/mol. The van der Waals surface area contributed by atoms with Crippen molar-refractivity contribution in [3.63, 3.8) is 0 Å². The fourth-order valence-corrected chi connectivity index (χ4v) is 4.14. The van der Waals surface area contributed by atoms with E-state index in [1.54, 1.807) is 0 Å². The van der Waals surface area contributed by atoms with E-state index in [9.17, 15) is 0 Å². The summed E-state index contributed by atoms with van der Waals surface area (Å²) in [5.41, 5.74) is 0. The molecule has 0 spiro atoms. The van der Waals surface area contributed by atoms with Crippen LogP contribution in [0, 0.1) is 23.7 Å². The highest BCUT2D eigenvalue weighted by Crippen LogP contribution is 2.74. The summed E-state index contributed by atoms with van der Waals surface area (Å²) in [7, 11) is 2.12. The zero-order chi connectivity index (χ0) is 6.46. The molecule has 1 saturated heterocycles. The Hall–Kier alpha value is -0.0800. The maximum Gasteiger partial charge on any atom is 0.0162 e. The van der Waals surface area contributed by atoms with E-state index in [-0.39, 0.29) is 0 Å². The zero-order valence-electron chi connectivity index (χ0n) is 6.04. The van der Waals surface area contributed by atoms with Gasteiger partial charge in [-0.15, -0.1) is 0 Å². The lowest BCUT2D eigenvalue weighted by molar-refractivity contribution is -0.335. The van der Waals surface area contributed by atoms with Crippen LogP contribution in [0.1, 0.15) is 0 Å². The Kier molecular flexibility index (Phi) is 0.504. The third-order valence-electron chi connectivity index (χ3n) is 4.54. The number of nitrogens with one attached hydrogen (secondary N) is 2. The molecule has 0 aromatic rings. The van der Waals surface area contributed by atoms with Crippen LogP contribution in [0.5, 0.6) is 0 Å². The van der Waals surface area contributed by atoms with Crippen molar-refractivity contribution in [2.45, 2.75) is 18.1 Å². The largest absolute Gasteiger partial charge is 0.316 e. The summed E-state index contributed by atoms with van der Waals surface area (Å²) < 4.78 is 0. The summed E-state index contributed by atoms with van der Waals surface area (Å²) in [6.07, 6.45) is 0. The van der Waals surface area contributed by atoms with Crippen molar-refractivity contribution in [2.75, 3.05) is 7.05 Å². The van der Waals surface area contributed by atoms with Gasteiger partial charge in [-0.3, -0.25) is 0 Å². The van der Waals surface area contributed by atoms with Crippen LogP contribution in [-0.4, -0.2) is 25.2 Å². The van der Waals surface area contributed by atoms with Gasteiger partial charge in [-0.05, 0) is 30.7 Å². The van der Waals surface area contributed by atoms with Gasteiger partial charge in [-0.1, -0.05) is 0 Å². The highest BCUT2D eigenvalue weighted by Gasteiger charge is 2.83. The Bertz CT molecular complexity index is 187. The number of hydrogen-bond donors (Lipinski definition) is 2. The first-order valence-corrected chi connectivity index (χ1v) is 4.37. The van der Waals surface area contributed by atoms with Gasteiger partial charge >= 0.3 is 0 Å². The average molecular weight is 136 g/mol. The first-order chi connectivity index (χ1) is 4.93. The van der Waals surface area contributed by atoms with E-state index in [0.29, 0.717) is 0 Å². The van der Waals surface area contributed by atoms with Crippen LogP contribution in [0.25, 0.3) is 0 Å². The maximum atomic E-state index is 3.63. The lowest BCUT2D eigenvalue weighted by Crippen LogP contribution is -2.99. The van der Waals surface area contributed by atoms with Crippen molar-refractivity contribution in [3.8, 4) is 0 Å². The second kappa shape index (κ2) is 1.07. The second-order valence-corrected chi connectivity index (χ2v) is 4.34. The molecule has 4 unspecified atom stereocenters. The molecular weight excluding hydrogens is 124 g/mol. The molecule has 0 amide bonds. The minimum atomic E-state index is 0.895. The minimum Gasteiger partial charge on any atom is -0.316 e. The third kappa shape index (κ3) is 0.216. The molecule has 54 valence electrons. The molecule has 4 atom stereocenters. The highest BCUT2D eigenvalue weighted by atomic mass is 15.2.